The van der Waals surface area contributed by atoms with Gasteiger partial charge >= 0.3 is 0 Å². The molecular formula is C5H14N3O3+. The number of nitrogens with two attached hydrogens (primary N) is 1. The van der Waals surface area contributed by atoms with E-state index in [1.165, 1.54) is 5.01 Å². The van der Waals surface area contributed by atoms with Crippen LogP contribution in [0.1, 0.15) is 0 Å². The number of rotatable bonds is 1. The van der Waals surface area contributed by atoms with Crippen molar-refractivity contribution in [3.8, 4) is 0 Å². The van der Waals surface area contributed by atoms with Gasteiger partial charge in [-0.05, 0) is 0 Å². The summed E-state index contributed by atoms with van der Waals surface area (Å²) in [7, 11) is 0. The largest absolute Gasteiger partial charge is 0.394 e. The minimum Gasteiger partial charge on any atom is -0.394 e. The summed E-state index contributed by atoms with van der Waals surface area (Å²) in [5.41, 5.74) is 5.42. The predicted molar refractivity (Wildman–Crippen MR) is 35.6 cm³/mol. The lowest BCUT2D eigenvalue weighted by atomic mass is 10.1. The molecule has 1 fully saturated rings. The Balaban J connectivity index is 2.69. The summed E-state index contributed by atoms with van der Waals surface area (Å²) in [6, 6.07) is -0.556. The lowest BCUT2D eigenvalue weighted by Gasteiger charge is -2.16. The van der Waals surface area contributed by atoms with Crippen molar-refractivity contribution in [2.75, 3.05) is 6.61 Å². The van der Waals surface area contributed by atoms with Crippen molar-refractivity contribution in [3.05, 3.63) is 0 Å². The summed E-state index contributed by atoms with van der Waals surface area (Å²) in [6.07, 6.45) is -2.72. The minimum atomic E-state index is -1.02. The average molecular weight is 164 g/mol. The van der Waals surface area contributed by atoms with Crippen molar-refractivity contribution in [1.82, 2.24) is 5.01 Å². The molecule has 1 unspecified atom stereocenters. The van der Waals surface area contributed by atoms with Crippen molar-refractivity contribution in [2.24, 2.45) is 5.73 Å². The summed E-state index contributed by atoms with van der Waals surface area (Å²) in [5, 5.41) is 28.4. The van der Waals surface area contributed by atoms with E-state index < -0.39 is 24.4 Å². The maximum absolute atomic E-state index is 9.23. The fourth-order valence-corrected chi connectivity index (χ4v) is 1.26. The van der Waals surface area contributed by atoms with Gasteiger partial charge in [0.25, 0.3) is 0 Å². The van der Waals surface area contributed by atoms with Gasteiger partial charge in [-0.15, -0.1) is 5.01 Å². The Morgan fingerprint density at radius 3 is 2.09 bits per heavy atom. The lowest BCUT2D eigenvalue weighted by molar-refractivity contribution is -0.592. The van der Waals surface area contributed by atoms with E-state index in [9.17, 15) is 10.2 Å². The van der Waals surface area contributed by atoms with Gasteiger partial charge in [0.05, 0.1) is 6.61 Å². The number of aliphatic hydroxyl groups is 3. The molecule has 0 aromatic carbocycles. The fraction of sp³-hybridized carbons (Fsp3) is 1.00. The molecule has 0 spiro atoms. The van der Waals surface area contributed by atoms with E-state index >= 15 is 0 Å². The van der Waals surface area contributed by atoms with Crippen molar-refractivity contribution in [2.45, 2.75) is 24.4 Å². The molecule has 0 amide bonds. The summed E-state index contributed by atoms with van der Waals surface area (Å²) in [4.78, 5) is 0. The molecular weight excluding hydrogens is 150 g/mol. The Morgan fingerprint density at radius 2 is 1.91 bits per heavy atom. The van der Waals surface area contributed by atoms with E-state index in [1.807, 2.05) is 0 Å². The van der Waals surface area contributed by atoms with Crippen LogP contribution in [0.2, 0.25) is 0 Å². The van der Waals surface area contributed by atoms with Crippen molar-refractivity contribution >= 4 is 0 Å². The Kier molecular flexibility index (Phi) is 2.43. The van der Waals surface area contributed by atoms with E-state index in [0.29, 0.717) is 0 Å². The van der Waals surface area contributed by atoms with Gasteiger partial charge in [0.1, 0.15) is 24.4 Å². The van der Waals surface area contributed by atoms with Crippen molar-refractivity contribution in [3.63, 3.8) is 0 Å². The lowest BCUT2D eigenvalue weighted by Crippen LogP contribution is -2.75. The third kappa shape index (κ3) is 1.24. The van der Waals surface area contributed by atoms with E-state index in [-0.39, 0.29) is 6.61 Å². The summed E-state index contributed by atoms with van der Waals surface area (Å²) >= 11 is 0. The quantitative estimate of drug-likeness (QED) is 0.269. The van der Waals surface area contributed by atoms with Crippen LogP contribution in [-0.2, 0) is 0 Å². The first-order valence-electron chi connectivity index (χ1n) is 3.41. The van der Waals surface area contributed by atoms with Gasteiger partial charge in [-0.1, -0.05) is 0 Å². The van der Waals surface area contributed by atoms with Crippen LogP contribution in [0.3, 0.4) is 0 Å². The van der Waals surface area contributed by atoms with E-state index in [2.05, 4.69) is 5.84 Å². The molecule has 66 valence electrons. The monoisotopic (exact) mass is 164 g/mol. The molecule has 6 heteroatoms. The second-order valence-electron chi connectivity index (χ2n) is 2.74. The minimum absolute atomic E-state index is 0.255. The predicted octanol–water partition coefficient (Wildman–Crippen LogP) is -4.17. The Labute approximate surface area is 64.0 Å². The molecule has 0 radical (unpaired) electrons. The fourth-order valence-electron chi connectivity index (χ4n) is 1.26. The van der Waals surface area contributed by atoms with Gasteiger partial charge in [0.15, 0.2) is 0 Å². The molecule has 6 nitrogen and oxygen atoms in total. The highest BCUT2D eigenvalue weighted by atomic mass is 16.3. The van der Waals surface area contributed by atoms with Crippen LogP contribution in [0.4, 0.5) is 0 Å². The normalized spacial score (nSPS) is 46.6. The molecule has 0 aromatic heterocycles. The maximum Gasteiger partial charge on any atom is 0.135 e. The first-order valence-corrected chi connectivity index (χ1v) is 3.41. The van der Waals surface area contributed by atoms with E-state index in [0.717, 1.165) is 0 Å². The van der Waals surface area contributed by atoms with Gasteiger partial charge in [0, 0.05) is 0 Å². The zero-order valence-electron chi connectivity index (χ0n) is 6.09. The summed E-state index contributed by atoms with van der Waals surface area (Å²) in [6.45, 7) is -0.255. The molecule has 1 aliphatic heterocycles. The molecule has 0 aliphatic carbocycles. The van der Waals surface area contributed by atoms with Crippen LogP contribution >= 0.6 is 0 Å². The smallest absolute Gasteiger partial charge is 0.135 e. The SMILES string of the molecule is NC1[C@@H](O)[C@H](O)[C@@H](CO)N1[NH3+]. The third-order valence-corrected chi connectivity index (χ3v) is 2.09. The molecule has 11 heavy (non-hydrogen) atoms. The number of nitrogens with zero attached hydrogens (tertiary/aromatic N) is 1. The van der Waals surface area contributed by atoms with Crippen LogP contribution in [0, 0.1) is 0 Å². The Bertz CT molecular complexity index is 131. The zero-order chi connectivity index (χ0) is 8.59. The van der Waals surface area contributed by atoms with Crippen molar-refractivity contribution < 1.29 is 21.2 Å². The van der Waals surface area contributed by atoms with Crippen molar-refractivity contribution in [1.29, 1.82) is 0 Å². The summed E-state index contributed by atoms with van der Waals surface area (Å²) < 4.78 is 0. The number of hydrogen-bond donors (Lipinski definition) is 5. The number of quaternary nitrogens is 1. The van der Waals surface area contributed by atoms with Gasteiger partial charge < -0.3 is 21.1 Å². The second kappa shape index (κ2) is 3.02. The number of aliphatic hydroxyl groups excluding tert-OH is 3. The highest BCUT2D eigenvalue weighted by molar-refractivity contribution is 4.93. The first kappa shape index (κ1) is 8.85. The Hall–Kier alpha value is -0.240. The zero-order valence-corrected chi connectivity index (χ0v) is 6.09. The van der Waals surface area contributed by atoms with Crippen LogP contribution in [0.25, 0.3) is 0 Å². The van der Waals surface area contributed by atoms with Gasteiger partial charge in [-0.25, -0.2) is 0 Å². The Morgan fingerprint density at radius 1 is 1.36 bits per heavy atom. The molecule has 1 saturated heterocycles. The highest BCUT2D eigenvalue weighted by Gasteiger charge is 2.46. The summed E-state index contributed by atoms with van der Waals surface area (Å²) in [5.74, 6) is 3.50. The van der Waals surface area contributed by atoms with Gasteiger partial charge in [-0.2, -0.15) is 0 Å². The average Bonchev–Trinajstić information content (AvgIpc) is 2.17. The van der Waals surface area contributed by atoms with Crippen LogP contribution in [0.15, 0.2) is 0 Å². The first-order chi connectivity index (χ1) is 5.09. The molecule has 1 heterocycles. The topological polar surface area (TPSA) is 118 Å². The van der Waals surface area contributed by atoms with E-state index in [4.69, 9.17) is 10.8 Å². The van der Waals surface area contributed by atoms with Crippen LogP contribution in [0.5, 0.6) is 0 Å². The third-order valence-electron chi connectivity index (χ3n) is 2.09. The molecule has 0 saturated carbocycles. The number of hydrogen-bond acceptors (Lipinski definition) is 5. The van der Waals surface area contributed by atoms with Crippen LogP contribution < -0.4 is 11.6 Å². The molecule has 1 aliphatic rings. The molecule has 0 aromatic rings. The molecule has 0 bridgehead atoms. The van der Waals surface area contributed by atoms with Crippen LogP contribution in [-0.4, -0.2) is 51.4 Å². The molecule has 1 rings (SSSR count). The van der Waals surface area contributed by atoms with Gasteiger partial charge in [-0.3, -0.25) is 5.84 Å². The van der Waals surface area contributed by atoms with Gasteiger partial charge in [0.2, 0.25) is 0 Å². The van der Waals surface area contributed by atoms with E-state index in [1.54, 1.807) is 0 Å². The molecule has 8 N–H and O–H groups in total. The maximum atomic E-state index is 9.23. The highest BCUT2D eigenvalue weighted by Crippen LogP contribution is 2.16. The second-order valence-corrected chi connectivity index (χ2v) is 2.74. The standard InChI is InChI=1S/C5H13N3O3/c6-5-4(11)3(10)2(1-9)8(5)7/h2-5,9-11H,1,6-7H2/p+1/t2-,3-,4+,5?/m1/s1. The molecule has 4 atom stereocenters.